The van der Waals surface area contributed by atoms with Gasteiger partial charge in [0.1, 0.15) is 12.4 Å². The maximum atomic E-state index is 6.61. The summed E-state index contributed by atoms with van der Waals surface area (Å²) in [5.74, 6) is 1.18. The van der Waals surface area contributed by atoms with Crippen LogP contribution in [0.15, 0.2) is 54.8 Å². The first-order valence-corrected chi connectivity index (χ1v) is 18.0. The Morgan fingerprint density at radius 2 is 1.68 bits per heavy atom. The second-order valence-electron chi connectivity index (χ2n) is 11.7. The summed E-state index contributed by atoms with van der Waals surface area (Å²) in [6, 6.07) is 14.2. The molecule has 0 spiro atoms. The van der Waals surface area contributed by atoms with Crippen molar-refractivity contribution in [2.75, 3.05) is 19.7 Å². The minimum atomic E-state index is -2.05. The van der Waals surface area contributed by atoms with Crippen molar-refractivity contribution in [1.82, 2.24) is 4.90 Å². The lowest BCUT2D eigenvalue weighted by atomic mass is 10.00. The maximum Gasteiger partial charge on any atom is 0.122 e. The van der Waals surface area contributed by atoms with Crippen LogP contribution in [-0.2, 0) is 12.8 Å². The fourth-order valence-electron chi connectivity index (χ4n) is 6.49. The van der Waals surface area contributed by atoms with E-state index in [-0.39, 0.29) is 0 Å². The number of benzene rings is 2. The van der Waals surface area contributed by atoms with Crippen LogP contribution >= 0.6 is 0 Å². The van der Waals surface area contributed by atoms with Crippen LogP contribution in [0.3, 0.4) is 0 Å². The highest BCUT2D eigenvalue weighted by molar-refractivity contribution is 6.92. The molecule has 1 aliphatic heterocycles. The molecule has 2 nitrogen and oxygen atoms in total. The van der Waals surface area contributed by atoms with Gasteiger partial charge in [0.05, 0.1) is 8.07 Å². The van der Waals surface area contributed by atoms with E-state index in [1.165, 1.54) is 104 Å². The minimum absolute atomic E-state index is 0.460. The van der Waals surface area contributed by atoms with E-state index in [9.17, 15) is 0 Å². The molecule has 4 rings (SSSR count). The summed E-state index contributed by atoms with van der Waals surface area (Å²) in [6.07, 6.45) is 16.9. The number of hydrogen-bond acceptors (Lipinski definition) is 2. The molecule has 1 atom stereocenters. The van der Waals surface area contributed by atoms with Crippen LogP contribution in [0.25, 0.3) is 6.08 Å². The Hall–Kier alpha value is -2.26. The molecule has 0 N–H and O–H groups in total. The normalized spacial score (nSPS) is 17.1. The summed E-state index contributed by atoms with van der Waals surface area (Å²) in [4.78, 5) is 2.69. The summed E-state index contributed by atoms with van der Waals surface area (Å²) in [5.41, 5.74) is 7.92. The lowest BCUT2D eigenvalue weighted by molar-refractivity contribution is 0.361. The molecule has 1 unspecified atom stereocenters. The molecule has 1 aliphatic carbocycles. The molecular weight excluding hydrogens is 466 g/mol. The molecule has 3 heteroatoms. The topological polar surface area (TPSA) is 12.5 Å². The number of aryl methyl sites for hydroxylation is 2. The van der Waals surface area contributed by atoms with Crippen molar-refractivity contribution in [1.29, 1.82) is 0 Å². The SMILES string of the molecule is C=CCOc1c(CCCCC)cc(CCCCC)cc1[Si](C)(C)C1C(N2CCCC2)=Cc2ccccc21. The van der Waals surface area contributed by atoms with Gasteiger partial charge in [0, 0.05) is 24.3 Å². The zero-order chi connectivity index (χ0) is 26.3. The molecule has 1 saturated heterocycles. The third kappa shape index (κ3) is 6.25. The first-order chi connectivity index (χ1) is 18.0. The van der Waals surface area contributed by atoms with E-state index < -0.39 is 8.07 Å². The fourth-order valence-corrected chi connectivity index (χ4v) is 10.2. The van der Waals surface area contributed by atoms with Crippen molar-refractivity contribution >= 4 is 19.3 Å². The molecular formula is C34H49NOSi. The molecule has 0 amide bonds. The number of unbranched alkanes of at least 4 members (excludes halogenated alkanes) is 4. The highest BCUT2D eigenvalue weighted by Gasteiger charge is 2.44. The molecule has 1 fully saturated rings. The van der Waals surface area contributed by atoms with Gasteiger partial charge in [-0.1, -0.05) is 102 Å². The Balaban J connectivity index is 1.83. The lowest BCUT2D eigenvalue weighted by Crippen LogP contribution is -2.50. The van der Waals surface area contributed by atoms with Crippen molar-refractivity contribution in [2.45, 2.75) is 96.7 Å². The Morgan fingerprint density at radius 3 is 2.38 bits per heavy atom. The van der Waals surface area contributed by atoms with E-state index in [1.807, 2.05) is 6.08 Å². The molecule has 2 aromatic rings. The van der Waals surface area contributed by atoms with Gasteiger partial charge in [0.2, 0.25) is 0 Å². The van der Waals surface area contributed by atoms with Crippen LogP contribution in [0.2, 0.25) is 13.1 Å². The Labute approximate surface area is 227 Å². The van der Waals surface area contributed by atoms with Gasteiger partial charge in [-0.15, -0.1) is 0 Å². The first kappa shape index (κ1) is 27.8. The van der Waals surface area contributed by atoms with Crippen molar-refractivity contribution < 1.29 is 4.74 Å². The third-order valence-corrected chi connectivity index (χ3v) is 12.3. The van der Waals surface area contributed by atoms with Crippen molar-refractivity contribution in [3.63, 3.8) is 0 Å². The van der Waals surface area contributed by atoms with Crippen molar-refractivity contribution in [2.24, 2.45) is 0 Å². The number of hydrogen-bond donors (Lipinski definition) is 0. The smallest absolute Gasteiger partial charge is 0.122 e. The van der Waals surface area contributed by atoms with Crippen LogP contribution in [0.4, 0.5) is 0 Å². The monoisotopic (exact) mass is 515 g/mol. The van der Waals surface area contributed by atoms with Gasteiger partial charge < -0.3 is 9.64 Å². The minimum Gasteiger partial charge on any atom is -0.489 e. The second kappa shape index (κ2) is 13.0. The van der Waals surface area contributed by atoms with Gasteiger partial charge in [-0.2, -0.15) is 0 Å². The number of likely N-dealkylation sites (tertiary alicyclic amines) is 1. The largest absolute Gasteiger partial charge is 0.489 e. The van der Waals surface area contributed by atoms with Crippen molar-refractivity contribution in [3.05, 3.63) is 77.0 Å². The number of allylic oxidation sites excluding steroid dienone is 1. The average Bonchev–Trinajstić information content (AvgIpc) is 3.56. The maximum absolute atomic E-state index is 6.61. The van der Waals surface area contributed by atoms with E-state index in [0.29, 0.717) is 12.1 Å². The van der Waals surface area contributed by atoms with E-state index in [2.05, 4.69) is 80.9 Å². The Bertz CT molecular complexity index is 1080. The fraction of sp³-hybridized carbons (Fsp3) is 0.529. The van der Waals surface area contributed by atoms with Crippen LogP contribution in [0, 0.1) is 0 Å². The predicted molar refractivity (Wildman–Crippen MR) is 164 cm³/mol. The lowest BCUT2D eigenvalue weighted by Gasteiger charge is -2.38. The van der Waals surface area contributed by atoms with Crippen LogP contribution < -0.4 is 9.92 Å². The number of nitrogens with zero attached hydrogens (tertiary/aromatic N) is 1. The van der Waals surface area contributed by atoms with Gasteiger partial charge in [-0.25, -0.2) is 0 Å². The quantitative estimate of drug-likeness (QED) is 0.142. The van der Waals surface area contributed by atoms with Crippen LogP contribution in [0.1, 0.15) is 93.0 Å². The predicted octanol–water partition coefficient (Wildman–Crippen LogP) is 8.41. The molecule has 1 heterocycles. The van der Waals surface area contributed by atoms with Gasteiger partial charge in [-0.05, 0) is 72.0 Å². The average molecular weight is 516 g/mol. The standard InChI is InChI=1S/C34H49NOSi/c1-6-9-11-17-27-24-29(19-12-10-7-2)33(36-23-8-3)32(25-27)37(4,5)34-30-20-14-13-18-28(30)26-31(34)35-21-15-16-22-35/h8,13-14,18,20,24-26,34H,3,6-7,9-12,15-17,19,21-23H2,1-2,4-5H3. The Kier molecular flexibility index (Phi) is 9.75. The molecule has 200 valence electrons. The van der Waals surface area contributed by atoms with E-state index >= 15 is 0 Å². The van der Waals surface area contributed by atoms with Gasteiger partial charge in [0.15, 0.2) is 0 Å². The molecule has 37 heavy (non-hydrogen) atoms. The van der Waals surface area contributed by atoms with E-state index in [1.54, 1.807) is 5.70 Å². The zero-order valence-corrected chi connectivity index (χ0v) is 25.0. The van der Waals surface area contributed by atoms with Crippen molar-refractivity contribution in [3.8, 4) is 5.75 Å². The molecule has 0 saturated carbocycles. The van der Waals surface area contributed by atoms with E-state index in [4.69, 9.17) is 4.74 Å². The summed E-state index contributed by atoms with van der Waals surface area (Å²) >= 11 is 0. The molecule has 0 aromatic heterocycles. The first-order valence-electron chi connectivity index (χ1n) is 15.0. The van der Waals surface area contributed by atoms with Crippen LogP contribution in [-0.4, -0.2) is 32.7 Å². The highest BCUT2D eigenvalue weighted by Crippen LogP contribution is 2.45. The number of rotatable bonds is 14. The molecule has 0 bridgehead atoms. The number of fused-ring (bicyclic) bond motifs is 1. The summed E-state index contributed by atoms with van der Waals surface area (Å²) in [6.45, 7) is 16.7. The number of ether oxygens (including phenoxy) is 1. The molecule has 2 aliphatic rings. The molecule has 2 aromatic carbocycles. The van der Waals surface area contributed by atoms with Gasteiger partial charge >= 0.3 is 0 Å². The summed E-state index contributed by atoms with van der Waals surface area (Å²) in [5, 5.41) is 1.52. The second-order valence-corrected chi connectivity index (χ2v) is 16.3. The molecule has 0 radical (unpaired) electrons. The summed E-state index contributed by atoms with van der Waals surface area (Å²) < 4.78 is 6.61. The van der Waals surface area contributed by atoms with E-state index in [0.717, 1.165) is 6.42 Å². The van der Waals surface area contributed by atoms with Gasteiger partial charge in [-0.3, -0.25) is 0 Å². The third-order valence-electron chi connectivity index (χ3n) is 8.48. The Morgan fingerprint density at radius 1 is 0.973 bits per heavy atom. The summed E-state index contributed by atoms with van der Waals surface area (Å²) in [7, 11) is -2.05. The zero-order valence-electron chi connectivity index (χ0n) is 24.0. The van der Waals surface area contributed by atoms with Gasteiger partial charge in [0.25, 0.3) is 0 Å². The highest BCUT2D eigenvalue weighted by atomic mass is 28.3. The van der Waals surface area contributed by atoms with Crippen LogP contribution in [0.5, 0.6) is 5.75 Å².